The molecule has 0 fully saturated rings. The average Bonchev–Trinajstić information content (AvgIpc) is 2.86. The van der Waals surface area contributed by atoms with Crippen LogP contribution in [-0.2, 0) is 16.6 Å². The Kier molecular flexibility index (Phi) is 7.81. The summed E-state index contributed by atoms with van der Waals surface area (Å²) in [4.78, 5) is 10.8. The van der Waals surface area contributed by atoms with Gasteiger partial charge in [-0.05, 0) is 49.9 Å². The van der Waals surface area contributed by atoms with E-state index in [2.05, 4.69) is 14.9 Å². The summed E-state index contributed by atoms with van der Waals surface area (Å²) in [6.07, 6.45) is 4.92. The molecular weight excluding hydrogens is 464 g/mol. The highest BCUT2D eigenvalue weighted by Gasteiger charge is 2.38. The lowest BCUT2D eigenvalue weighted by atomic mass is 10.0. The Hall–Kier alpha value is -2.85. The summed E-state index contributed by atoms with van der Waals surface area (Å²) in [5.74, 6) is 0.185. The Bertz CT molecular complexity index is 1220. The minimum Gasteiger partial charge on any atom is -0.487 e. The number of rotatable bonds is 7. The number of hydrogen-bond donors (Lipinski definition) is 1. The summed E-state index contributed by atoms with van der Waals surface area (Å²) in [6.45, 7) is 4.91. The van der Waals surface area contributed by atoms with Crippen LogP contribution in [0.1, 0.15) is 19.5 Å². The molecule has 186 valence electrons. The number of sulfonamides is 1. The molecule has 1 aliphatic rings. The van der Waals surface area contributed by atoms with Crippen LogP contribution in [-0.4, -0.2) is 71.6 Å². The second-order valence-electron chi connectivity index (χ2n) is 9.16. The number of ether oxygens (including phenoxy) is 1. The fourth-order valence-corrected chi connectivity index (χ4v) is 6.12. The zero-order valence-electron chi connectivity index (χ0n) is 20.3. The van der Waals surface area contributed by atoms with E-state index >= 15 is 0 Å². The van der Waals surface area contributed by atoms with Crippen LogP contribution >= 0.6 is 0 Å². The first-order valence-electron chi connectivity index (χ1n) is 11.7. The van der Waals surface area contributed by atoms with Gasteiger partial charge in [0.05, 0.1) is 12.3 Å². The molecule has 8 nitrogen and oxygen atoms in total. The molecular formula is C26H32N4O4S. The summed E-state index contributed by atoms with van der Waals surface area (Å²) in [6, 6.07) is 14.2. The Labute approximate surface area is 207 Å². The van der Waals surface area contributed by atoms with Gasteiger partial charge in [0.25, 0.3) is 0 Å². The Morgan fingerprint density at radius 2 is 2.00 bits per heavy atom. The first-order valence-corrected chi connectivity index (χ1v) is 13.2. The van der Waals surface area contributed by atoms with E-state index in [-0.39, 0.29) is 30.1 Å². The minimum atomic E-state index is -3.88. The molecule has 35 heavy (non-hydrogen) atoms. The number of hydrogen-bond acceptors (Lipinski definition) is 7. The number of aliphatic hydroxyl groups excluding tert-OH is 1. The predicted molar refractivity (Wildman–Crippen MR) is 134 cm³/mol. The monoisotopic (exact) mass is 496 g/mol. The van der Waals surface area contributed by atoms with Gasteiger partial charge in [-0.25, -0.2) is 8.42 Å². The quantitative estimate of drug-likeness (QED) is 0.537. The van der Waals surface area contributed by atoms with Crippen molar-refractivity contribution in [1.82, 2.24) is 19.2 Å². The van der Waals surface area contributed by atoms with Crippen molar-refractivity contribution in [3.05, 3.63) is 72.8 Å². The highest BCUT2D eigenvalue weighted by Crippen LogP contribution is 2.36. The maximum absolute atomic E-state index is 13.6. The molecule has 1 aliphatic heterocycles. The standard InChI is InChI=1S/C26H32N4O4S/c1-19-15-30(20(2)18-31)35(32,33)26-10-9-21(22-7-6-11-27-14-22)13-24(26)34-25(19)17-29(3)16-23-8-4-5-12-28-23/h4-14,19-20,25,31H,15-18H2,1-3H3/t19-,20-,25-/m1/s1. The third-order valence-corrected chi connectivity index (χ3v) is 8.33. The first kappa shape index (κ1) is 25.2. The molecule has 0 aliphatic carbocycles. The van der Waals surface area contributed by atoms with Gasteiger partial charge in [-0.2, -0.15) is 4.31 Å². The van der Waals surface area contributed by atoms with Crippen LogP contribution < -0.4 is 4.74 Å². The highest BCUT2D eigenvalue weighted by atomic mass is 32.2. The van der Waals surface area contributed by atoms with Gasteiger partial charge in [0.2, 0.25) is 10.0 Å². The predicted octanol–water partition coefficient (Wildman–Crippen LogP) is 3.04. The molecule has 9 heteroatoms. The Balaban J connectivity index is 1.72. The lowest BCUT2D eigenvalue weighted by Crippen LogP contribution is -2.49. The fraction of sp³-hybridized carbons (Fsp3) is 0.385. The van der Waals surface area contributed by atoms with Gasteiger partial charge >= 0.3 is 0 Å². The van der Waals surface area contributed by atoms with Crippen molar-refractivity contribution in [2.24, 2.45) is 5.92 Å². The number of pyridine rings is 2. The number of fused-ring (bicyclic) bond motifs is 1. The number of benzene rings is 1. The van der Waals surface area contributed by atoms with Crippen LogP contribution in [0.5, 0.6) is 5.75 Å². The third-order valence-electron chi connectivity index (χ3n) is 6.31. The van der Waals surface area contributed by atoms with E-state index in [1.165, 1.54) is 4.31 Å². The van der Waals surface area contributed by atoms with Crippen molar-refractivity contribution in [3.8, 4) is 16.9 Å². The van der Waals surface area contributed by atoms with Crippen molar-refractivity contribution in [3.63, 3.8) is 0 Å². The zero-order valence-corrected chi connectivity index (χ0v) is 21.1. The molecule has 0 saturated carbocycles. The van der Waals surface area contributed by atoms with Crippen LogP contribution in [0.25, 0.3) is 11.1 Å². The zero-order chi connectivity index (χ0) is 25.0. The molecule has 1 N–H and O–H groups in total. The van der Waals surface area contributed by atoms with Crippen molar-refractivity contribution in [2.75, 3.05) is 26.7 Å². The van der Waals surface area contributed by atoms with Gasteiger partial charge in [-0.1, -0.05) is 25.1 Å². The molecule has 0 unspecified atom stereocenters. The van der Waals surface area contributed by atoms with E-state index in [0.29, 0.717) is 18.8 Å². The summed E-state index contributed by atoms with van der Waals surface area (Å²) in [5, 5.41) is 9.82. The summed E-state index contributed by atoms with van der Waals surface area (Å²) >= 11 is 0. The number of likely N-dealkylation sites (N-methyl/N-ethyl adjacent to an activating group) is 1. The van der Waals surface area contributed by atoms with E-state index in [1.807, 2.05) is 44.3 Å². The second kappa shape index (κ2) is 10.8. The van der Waals surface area contributed by atoms with Crippen LogP contribution in [0.4, 0.5) is 0 Å². The van der Waals surface area contributed by atoms with Gasteiger partial charge in [0, 0.05) is 55.7 Å². The van der Waals surface area contributed by atoms with Gasteiger partial charge in [-0.15, -0.1) is 0 Å². The van der Waals surface area contributed by atoms with Crippen LogP contribution in [0.3, 0.4) is 0 Å². The lowest BCUT2D eigenvalue weighted by molar-refractivity contribution is 0.0731. The van der Waals surface area contributed by atoms with Crippen molar-refractivity contribution in [1.29, 1.82) is 0 Å². The van der Waals surface area contributed by atoms with Crippen LogP contribution in [0.2, 0.25) is 0 Å². The third kappa shape index (κ3) is 5.70. The SMILES string of the molecule is C[C@@H]1CN([C@H](C)CO)S(=O)(=O)c2ccc(-c3cccnc3)cc2O[C@@H]1CN(C)Cc1ccccn1. The lowest BCUT2D eigenvalue weighted by Gasteiger charge is -2.37. The maximum Gasteiger partial charge on any atom is 0.247 e. The largest absolute Gasteiger partial charge is 0.487 e. The van der Waals surface area contributed by atoms with Gasteiger partial charge < -0.3 is 9.84 Å². The van der Waals surface area contributed by atoms with Gasteiger partial charge in [0.1, 0.15) is 16.7 Å². The van der Waals surface area contributed by atoms with Gasteiger partial charge in [0.15, 0.2) is 0 Å². The smallest absolute Gasteiger partial charge is 0.247 e. The second-order valence-corrected chi connectivity index (χ2v) is 11.0. The first-order chi connectivity index (χ1) is 16.8. The summed E-state index contributed by atoms with van der Waals surface area (Å²) in [5.41, 5.74) is 2.64. The van der Waals surface area contributed by atoms with Crippen LogP contribution in [0.15, 0.2) is 72.0 Å². The molecule has 0 spiro atoms. The van der Waals surface area contributed by atoms with Crippen molar-refractivity contribution in [2.45, 2.75) is 37.4 Å². The van der Waals surface area contributed by atoms with E-state index in [1.54, 1.807) is 43.7 Å². The minimum absolute atomic E-state index is 0.106. The van der Waals surface area contributed by atoms with Crippen molar-refractivity contribution >= 4 is 10.0 Å². The Morgan fingerprint density at radius 1 is 1.17 bits per heavy atom. The topological polar surface area (TPSA) is 95.9 Å². The molecule has 0 amide bonds. The summed E-state index contributed by atoms with van der Waals surface area (Å²) < 4.78 is 35.2. The highest BCUT2D eigenvalue weighted by molar-refractivity contribution is 7.89. The van der Waals surface area contributed by atoms with E-state index in [9.17, 15) is 13.5 Å². The van der Waals surface area contributed by atoms with Gasteiger partial charge in [-0.3, -0.25) is 14.9 Å². The van der Waals surface area contributed by atoms with Crippen LogP contribution in [0, 0.1) is 5.92 Å². The molecule has 3 aromatic rings. The molecule has 3 heterocycles. The summed E-state index contributed by atoms with van der Waals surface area (Å²) in [7, 11) is -1.88. The molecule has 0 bridgehead atoms. The molecule has 3 atom stereocenters. The maximum atomic E-state index is 13.6. The number of aliphatic hydroxyl groups is 1. The van der Waals surface area contributed by atoms with E-state index in [0.717, 1.165) is 16.8 Å². The fourth-order valence-electron chi connectivity index (χ4n) is 4.30. The molecule has 2 aromatic heterocycles. The molecule has 4 rings (SSSR count). The average molecular weight is 497 g/mol. The number of aromatic nitrogens is 2. The molecule has 0 radical (unpaired) electrons. The normalized spacial score (nSPS) is 20.9. The van der Waals surface area contributed by atoms with Crippen molar-refractivity contribution < 1.29 is 18.3 Å². The van der Waals surface area contributed by atoms with E-state index < -0.39 is 16.1 Å². The Morgan fingerprint density at radius 3 is 2.69 bits per heavy atom. The number of nitrogens with zero attached hydrogens (tertiary/aromatic N) is 4. The van der Waals surface area contributed by atoms with E-state index in [4.69, 9.17) is 4.74 Å². The molecule has 1 aromatic carbocycles. The molecule has 0 saturated heterocycles.